The highest BCUT2D eigenvalue weighted by Crippen LogP contribution is 2.32. The van der Waals surface area contributed by atoms with E-state index in [1.54, 1.807) is 7.11 Å². The van der Waals surface area contributed by atoms with Crippen molar-refractivity contribution in [1.29, 1.82) is 0 Å². The molecule has 6 heteroatoms. The molecule has 1 aliphatic rings. The van der Waals surface area contributed by atoms with Gasteiger partial charge in [0, 0.05) is 13.1 Å². The standard InChI is InChI=1S/C17H18N2O3S/c1-20-14-4-2-3-12(7-14)9-18-17(23)19-10-13-5-6-15-16(8-13)22-11-21-15/h2-8H,9-11H2,1H3,(H2,18,19,23). The van der Waals surface area contributed by atoms with E-state index in [-0.39, 0.29) is 6.79 Å². The zero-order valence-electron chi connectivity index (χ0n) is 12.8. The first-order valence-electron chi connectivity index (χ1n) is 7.28. The molecule has 0 amide bonds. The Bertz CT molecular complexity index is 706. The molecule has 23 heavy (non-hydrogen) atoms. The molecule has 0 aromatic heterocycles. The third kappa shape index (κ3) is 4.04. The van der Waals surface area contributed by atoms with E-state index in [1.807, 2.05) is 42.5 Å². The molecular weight excluding hydrogens is 312 g/mol. The van der Waals surface area contributed by atoms with Crippen molar-refractivity contribution in [3.05, 3.63) is 53.6 Å². The number of hydrogen-bond donors (Lipinski definition) is 2. The van der Waals surface area contributed by atoms with E-state index in [0.717, 1.165) is 28.4 Å². The van der Waals surface area contributed by atoms with Crippen LogP contribution in [0.5, 0.6) is 17.2 Å². The van der Waals surface area contributed by atoms with Crippen molar-refractivity contribution < 1.29 is 14.2 Å². The monoisotopic (exact) mass is 330 g/mol. The van der Waals surface area contributed by atoms with E-state index in [2.05, 4.69) is 10.6 Å². The maximum Gasteiger partial charge on any atom is 0.231 e. The molecule has 0 aliphatic carbocycles. The van der Waals surface area contributed by atoms with E-state index in [9.17, 15) is 0 Å². The Labute approximate surface area is 140 Å². The third-order valence-corrected chi connectivity index (χ3v) is 3.77. The second-order valence-electron chi connectivity index (χ2n) is 5.08. The van der Waals surface area contributed by atoms with Gasteiger partial charge in [0.25, 0.3) is 0 Å². The molecular formula is C17H18N2O3S. The zero-order valence-corrected chi connectivity index (χ0v) is 13.6. The van der Waals surface area contributed by atoms with Gasteiger partial charge in [0.15, 0.2) is 16.6 Å². The van der Waals surface area contributed by atoms with Crippen molar-refractivity contribution in [1.82, 2.24) is 10.6 Å². The van der Waals surface area contributed by atoms with Crippen LogP contribution in [-0.2, 0) is 13.1 Å². The fraction of sp³-hybridized carbons (Fsp3) is 0.235. The lowest BCUT2D eigenvalue weighted by Gasteiger charge is -2.11. The molecule has 2 aromatic rings. The fourth-order valence-corrected chi connectivity index (χ4v) is 2.40. The van der Waals surface area contributed by atoms with Crippen molar-refractivity contribution >= 4 is 17.3 Å². The summed E-state index contributed by atoms with van der Waals surface area (Å²) >= 11 is 5.30. The lowest BCUT2D eigenvalue weighted by molar-refractivity contribution is 0.174. The van der Waals surface area contributed by atoms with Gasteiger partial charge < -0.3 is 24.8 Å². The van der Waals surface area contributed by atoms with Crippen LogP contribution in [0.2, 0.25) is 0 Å². The van der Waals surface area contributed by atoms with Crippen LogP contribution in [0.25, 0.3) is 0 Å². The van der Waals surface area contributed by atoms with Gasteiger partial charge in [-0.3, -0.25) is 0 Å². The molecule has 0 fully saturated rings. The topological polar surface area (TPSA) is 51.8 Å². The van der Waals surface area contributed by atoms with Gasteiger partial charge in [-0.25, -0.2) is 0 Å². The molecule has 2 N–H and O–H groups in total. The maximum absolute atomic E-state index is 5.36. The Balaban J connectivity index is 1.48. The van der Waals surface area contributed by atoms with E-state index < -0.39 is 0 Å². The quantitative estimate of drug-likeness (QED) is 0.822. The van der Waals surface area contributed by atoms with Crippen LogP contribution in [-0.4, -0.2) is 19.0 Å². The van der Waals surface area contributed by atoms with Crippen LogP contribution >= 0.6 is 12.2 Å². The Kier molecular flexibility index (Phi) is 4.83. The molecule has 1 heterocycles. The highest BCUT2D eigenvalue weighted by Gasteiger charge is 2.13. The summed E-state index contributed by atoms with van der Waals surface area (Å²) in [6.07, 6.45) is 0. The Hall–Kier alpha value is -2.47. The van der Waals surface area contributed by atoms with Crippen molar-refractivity contribution in [2.45, 2.75) is 13.1 Å². The molecule has 0 saturated carbocycles. The molecule has 0 atom stereocenters. The van der Waals surface area contributed by atoms with Crippen molar-refractivity contribution in [2.24, 2.45) is 0 Å². The van der Waals surface area contributed by atoms with Crippen molar-refractivity contribution in [3.8, 4) is 17.2 Å². The van der Waals surface area contributed by atoms with E-state index in [0.29, 0.717) is 18.2 Å². The average Bonchev–Trinajstić information content (AvgIpc) is 3.06. The summed E-state index contributed by atoms with van der Waals surface area (Å²) in [5.41, 5.74) is 2.19. The molecule has 0 spiro atoms. The number of methoxy groups -OCH3 is 1. The summed E-state index contributed by atoms with van der Waals surface area (Å²) in [7, 11) is 1.66. The first kappa shape index (κ1) is 15.4. The number of hydrogen-bond acceptors (Lipinski definition) is 4. The lowest BCUT2D eigenvalue weighted by atomic mass is 10.2. The number of thiocarbonyl (C=S) groups is 1. The minimum atomic E-state index is 0.284. The van der Waals surface area contributed by atoms with Gasteiger partial charge in [-0.1, -0.05) is 18.2 Å². The first-order valence-corrected chi connectivity index (χ1v) is 7.68. The Morgan fingerprint density at radius 3 is 2.57 bits per heavy atom. The predicted molar refractivity (Wildman–Crippen MR) is 91.8 cm³/mol. The first-order chi connectivity index (χ1) is 11.2. The number of nitrogens with one attached hydrogen (secondary N) is 2. The molecule has 0 unspecified atom stereocenters. The highest BCUT2D eigenvalue weighted by molar-refractivity contribution is 7.80. The predicted octanol–water partition coefficient (Wildman–Crippen LogP) is 2.59. The zero-order chi connectivity index (χ0) is 16.1. The van der Waals surface area contributed by atoms with Gasteiger partial charge in [0.2, 0.25) is 6.79 Å². The normalized spacial score (nSPS) is 11.9. The van der Waals surface area contributed by atoms with Crippen LogP contribution in [0.4, 0.5) is 0 Å². The summed E-state index contributed by atoms with van der Waals surface area (Å²) in [6, 6.07) is 13.7. The van der Waals surface area contributed by atoms with E-state index in [4.69, 9.17) is 26.4 Å². The van der Waals surface area contributed by atoms with E-state index in [1.165, 1.54) is 0 Å². The Morgan fingerprint density at radius 1 is 1.04 bits per heavy atom. The van der Waals surface area contributed by atoms with Gasteiger partial charge in [0.1, 0.15) is 5.75 Å². The second kappa shape index (κ2) is 7.19. The maximum atomic E-state index is 5.36. The smallest absolute Gasteiger partial charge is 0.231 e. The highest BCUT2D eigenvalue weighted by atomic mass is 32.1. The minimum absolute atomic E-state index is 0.284. The summed E-state index contributed by atoms with van der Waals surface area (Å²) in [5, 5.41) is 6.97. The van der Waals surface area contributed by atoms with Gasteiger partial charge in [-0.2, -0.15) is 0 Å². The SMILES string of the molecule is COc1cccc(CNC(=S)NCc2ccc3c(c2)OCO3)c1. The summed E-state index contributed by atoms with van der Waals surface area (Å²) in [4.78, 5) is 0. The molecule has 5 nitrogen and oxygen atoms in total. The number of ether oxygens (including phenoxy) is 3. The minimum Gasteiger partial charge on any atom is -0.497 e. The van der Waals surface area contributed by atoms with Crippen LogP contribution in [0.15, 0.2) is 42.5 Å². The van der Waals surface area contributed by atoms with Gasteiger partial charge in [-0.15, -0.1) is 0 Å². The molecule has 0 saturated heterocycles. The molecule has 120 valence electrons. The number of fused-ring (bicyclic) bond motifs is 1. The second-order valence-corrected chi connectivity index (χ2v) is 5.48. The average molecular weight is 330 g/mol. The van der Waals surface area contributed by atoms with Crippen LogP contribution < -0.4 is 24.8 Å². The number of rotatable bonds is 5. The molecule has 0 bridgehead atoms. The number of benzene rings is 2. The summed E-state index contributed by atoms with van der Waals surface area (Å²) < 4.78 is 15.9. The molecule has 0 radical (unpaired) electrons. The van der Waals surface area contributed by atoms with Gasteiger partial charge in [-0.05, 0) is 47.6 Å². The van der Waals surface area contributed by atoms with Gasteiger partial charge >= 0.3 is 0 Å². The van der Waals surface area contributed by atoms with E-state index >= 15 is 0 Å². The largest absolute Gasteiger partial charge is 0.497 e. The van der Waals surface area contributed by atoms with Crippen molar-refractivity contribution in [3.63, 3.8) is 0 Å². The van der Waals surface area contributed by atoms with Crippen LogP contribution in [0.3, 0.4) is 0 Å². The van der Waals surface area contributed by atoms with Crippen LogP contribution in [0, 0.1) is 0 Å². The third-order valence-electron chi connectivity index (χ3n) is 3.48. The fourth-order valence-electron chi connectivity index (χ4n) is 2.26. The summed E-state index contributed by atoms with van der Waals surface area (Å²) in [6.45, 7) is 1.55. The van der Waals surface area contributed by atoms with Gasteiger partial charge in [0.05, 0.1) is 7.11 Å². The van der Waals surface area contributed by atoms with Crippen molar-refractivity contribution in [2.75, 3.05) is 13.9 Å². The molecule has 2 aromatic carbocycles. The molecule has 3 rings (SSSR count). The van der Waals surface area contributed by atoms with Crippen LogP contribution in [0.1, 0.15) is 11.1 Å². The summed E-state index contributed by atoms with van der Waals surface area (Å²) in [5.74, 6) is 2.40. The lowest BCUT2D eigenvalue weighted by Crippen LogP contribution is -2.34. The molecule has 1 aliphatic heterocycles. The Morgan fingerprint density at radius 2 is 1.78 bits per heavy atom.